The molecular formula is C9H13ClN2O2. The number of imidazole rings is 1. The van der Waals surface area contributed by atoms with E-state index in [1.54, 1.807) is 6.33 Å². The second-order valence-electron chi connectivity index (χ2n) is 3.53. The van der Waals surface area contributed by atoms with Gasteiger partial charge in [-0.1, -0.05) is 0 Å². The molecule has 0 saturated carbocycles. The van der Waals surface area contributed by atoms with Gasteiger partial charge in [-0.2, -0.15) is 0 Å². The molecule has 0 spiro atoms. The SMILES string of the molecule is Cl.O=C(O)CC1CCc2[nH]cnc2C1. The van der Waals surface area contributed by atoms with Crippen molar-refractivity contribution in [2.24, 2.45) is 5.92 Å². The maximum absolute atomic E-state index is 10.5. The van der Waals surface area contributed by atoms with Crippen LogP contribution in [0.1, 0.15) is 24.2 Å². The molecule has 0 bridgehead atoms. The van der Waals surface area contributed by atoms with Gasteiger partial charge in [0, 0.05) is 12.1 Å². The van der Waals surface area contributed by atoms with Crippen molar-refractivity contribution in [2.45, 2.75) is 25.7 Å². The first kappa shape index (κ1) is 11.0. The van der Waals surface area contributed by atoms with Gasteiger partial charge in [-0.25, -0.2) is 4.98 Å². The molecule has 1 heterocycles. The van der Waals surface area contributed by atoms with Gasteiger partial charge in [0.25, 0.3) is 0 Å². The summed E-state index contributed by atoms with van der Waals surface area (Å²) < 4.78 is 0. The third-order valence-corrected chi connectivity index (χ3v) is 2.56. The highest BCUT2D eigenvalue weighted by Gasteiger charge is 2.22. The van der Waals surface area contributed by atoms with Crippen molar-refractivity contribution in [3.63, 3.8) is 0 Å². The minimum absolute atomic E-state index is 0. The Labute approximate surface area is 88.2 Å². The largest absolute Gasteiger partial charge is 0.481 e. The molecule has 1 aliphatic rings. The second-order valence-corrected chi connectivity index (χ2v) is 3.53. The number of H-pyrrole nitrogens is 1. The number of carboxylic acids is 1. The summed E-state index contributed by atoms with van der Waals surface area (Å²) >= 11 is 0. The molecule has 14 heavy (non-hydrogen) atoms. The van der Waals surface area contributed by atoms with Crippen molar-refractivity contribution in [3.8, 4) is 0 Å². The Balaban J connectivity index is 0.000000980. The van der Waals surface area contributed by atoms with Crippen molar-refractivity contribution in [3.05, 3.63) is 17.7 Å². The second kappa shape index (κ2) is 4.46. The van der Waals surface area contributed by atoms with Crippen molar-refractivity contribution in [1.29, 1.82) is 0 Å². The van der Waals surface area contributed by atoms with Gasteiger partial charge in [0.1, 0.15) is 0 Å². The molecule has 78 valence electrons. The molecule has 4 nitrogen and oxygen atoms in total. The Morgan fingerprint density at radius 2 is 2.50 bits per heavy atom. The predicted octanol–water partition coefficient (Wildman–Crippen LogP) is 1.41. The average molecular weight is 217 g/mol. The summed E-state index contributed by atoms with van der Waals surface area (Å²) in [5.41, 5.74) is 2.24. The van der Waals surface area contributed by atoms with Gasteiger partial charge in [0.15, 0.2) is 0 Å². The summed E-state index contributed by atoms with van der Waals surface area (Å²) in [7, 11) is 0. The molecule has 5 heteroatoms. The fourth-order valence-corrected chi connectivity index (χ4v) is 1.89. The summed E-state index contributed by atoms with van der Waals surface area (Å²) in [6.07, 6.45) is 4.67. The van der Waals surface area contributed by atoms with Crippen LogP contribution < -0.4 is 0 Å². The molecule has 2 N–H and O–H groups in total. The molecule has 0 saturated heterocycles. The van der Waals surface area contributed by atoms with Crippen LogP contribution >= 0.6 is 12.4 Å². The molecule has 0 amide bonds. The molecular weight excluding hydrogens is 204 g/mol. The fourth-order valence-electron chi connectivity index (χ4n) is 1.89. The standard InChI is InChI=1S/C9H12N2O2.ClH/c12-9(13)4-6-1-2-7-8(3-6)11-5-10-7;/h5-6H,1-4H2,(H,10,11)(H,12,13);1H. The number of aromatic nitrogens is 2. The first-order chi connectivity index (χ1) is 6.25. The van der Waals surface area contributed by atoms with Gasteiger partial charge in [-0.15, -0.1) is 12.4 Å². The number of aryl methyl sites for hydroxylation is 1. The van der Waals surface area contributed by atoms with Crippen LogP contribution in [-0.2, 0) is 17.6 Å². The van der Waals surface area contributed by atoms with Crippen LogP contribution in [0.3, 0.4) is 0 Å². The van der Waals surface area contributed by atoms with E-state index in [9.17, 15) is 4.79 Å². The van der Waals surface area contributed by atoms with Crippen LogP contribution in [-0.4, -0.2) is 21.0 Å². The topological polar surface area (TPSA) is 66.0 Å². The minimum atomic E-state index is -0.705. The van der Waals surface area contributed by atoms with E-state index >= 15 is 0 Å². The first-order valence-electron chi connectivity index (χ1n) is 4.48. The number of nitrogens with zero attached hydrogens (tertiary/aromatic N) is 1. The van der Waals surface area contributed by atoms with Gasteiger partial charge >= 0.3 is 5.97 Å². The number of nitrogens with one attached hydrogen (secondary N) is 1. The highest BCUT2D eigenvalue weighted by atomic mass is 35.5. The number of carbonyl (C=O) groups is 1. The van der Waals surface area contributed by atoms with Gasteiger partial charge in [0.05, 0.1) is 12.0 Å². The fraction of sp³-hybridized carbons (Fsp3) is 0.556. The van der Waals surface area contributed by atoms with E-state index in [1.165, 1.54) is 5.69 Å². The summed E-state index contributed by atoms with van der Waals surface area (Å²) in [4.78, 5) is 17.7. The molecule has 1 aliphatic carbocycles. The normalized spacial score (nSPS) is 19.6. The Morgan fingerprint density at radius 1 is 1.71 bits per heavy atom. The summed E-state index contributed by atoms with van der Waals surface area (Å²) in [6, 6.07) is 0. The number of carboxylic acid groups (broad SMARTS) is 1. The molecule has 1 aromatic heterocycles. The Bertz CT molecular complexity index is 324. The summed E-state index contributed by atoms with van der Waals surface area (Å²) in [6.45, 7) is 0. The van der Waals surface area contributed by atoms with E-state index < -0.39 is 5.97 Å². The van der Waals surface area contributed by atoms with Gasteiger partial charge in [-0.3, -0.25) is 4.79 Å². The number of rotatable bonds is 2. The maximum Gasteiger partial charge on any atom is 0.303 e. The number of aliphatic carboxylic acids is 1. The molecule has 0 aliphatic heterocycles. The zero-order chi connectivity index (χ0) is 9.26. The molecule has 0 fully saturated rings. The quantitative estimate of drug-likeness (QED) is 0.786. The van der Waals surface area contributed by atoms with E-state index in [0.29, 0.717) is 0 Å². The lowest BCUT2D eigenvalue weighted by Crippen LogP contribution is -2.17. The molecule has 0 radical (unpaired) electrons. The minimum Gasteiger partial charge on any atom is -0.481 e. The number of hydrogen-bond donors (Lipinski definition) is 2. The van der Waals surface area contributed by atoms with Gasteiger partial charge in [0.2, 0.25) is 0 Å². The number of aromatic amines is 1. The predicted molar refractivity (Wildman–Crippen MR) is 53.6 cm³/mol. The summed E-state index contributed by atoms with van der Waals surface area (Å²) in [5.74, 6) is -0.433. The van der Waals surface area contributed by atoms with E-state index in [0.717, 1.165) is 25.0 Å². The van der Waals surface area contributed by atoms with Crippen LogP contribution in [0.15, 0.2) is 6.33 Å². The number of hydrogen-bond acceptors (Lipinski definition) is 2. The van der Waals surface area contributed by atoms with Crippen molar-refractivity contribution >= 4 is 18.4 Å². The molecule has 1 atom stereocenters. The van der Waals surface area contributed by atoms with E-state index in [1.807, 2.05) is 0 Å². The molecule has 0 aromatic carbocycles. The monoisotopic (exact) mass is 216 g/mol. The zero-order valence-electron chi connectivity index (χ0n) is 7.69. The van der Waals surface area contributed by atoms with Gasteiger partial charge < -0.3 is 10.1 Å². The third-order valence-electron chi connectivity index (χ3n) is 2.56. The lowest BCUT2D eigenvalue weighted by atomic mass is 9.87. The first-order valence-corrected chi connectivity index (χ1v) is 4.48. The Morgan fingerprint density at radius 3 is 3.21 bits per heavy atom. The van der Waals surface area contributed by atoms with Gasteiger partial charge in [-0.05, 0) is 25.2 Å². The van der Waals surface area contributed by atoms with Crippen LogP contribution in [0.5, 0.6) is 0 Å². The van der Waals surface area contributed by atoms with Crippen LogP contribution in [0.25, 0.3) is 0 Å². The van der Waals surface area contributed by atoms with Crippen LogP contribution in [0, 0.1) is 5.92 Å². The van der Waals surface area contributed by atoms with Crippen LogP contribution in [0.4, 0.5) is 0 Å². The Kier molecular flexibility index (Phi) is 3.52. The molecule has 1 aromatic rings. The van der Waals surface area contributed by atoms with Crippen molar-refractivity contribution in [2.75, 3.05) is 0 Å². The van der Waals surface area contributed by atoms with Crippen molar-refractivity contribution in [1.82, 2.24) is 9.97 Å². The molecule has 1 unspecified atom stereocenters. The van der Waals surface area contributed by atoms with Crippen molar-refractivity contribution < 1.29 is 9.90 Å². The van der Waals surface area contributed by atoms with E-state index in [4.69, 9.17) is 5.11 Å². The lowest BCUT2D eigenvalue weighted by Gasteiger charge is -2.18. The number of fused-ring (bicyclic) bond motifs is 1. The highest BCUT2D eigenvalue weighted by molar-refractivity contribution is 5.85. The third kappa shape index (κ3) is 2.26. The molecule has 2 rings (SSSR count). The zero-order valence-corrected chi connectivity index (χ0v) is 8.51. The summed E-state index contributed by atoms with van der Waals surface area (Å²) in [5, 5.41) is 8.64. The highest BCUT2D eigenvalue weighted by Crippen LogP contribution is 2.24. The van der Waals surface area contributed by atoms with Crippen LogP contribution in [0.2, 0.25) is 0 Å². The Hall–Kier alpha value is -1.03. The van der Waals surface area contributed by atoms with E-state index in [2.05, 4.69) is 9.97 Å². The average Bonchev–Trinajstić information content (AvgIpc) is 2.49. The smallest absolute Gasteiger partial charge is 0.303 e. The number of halogens is 1. The maximum atomic E-state index is 10.5. The van der Waals surface area contributed by atoms with E-state index in [-0.39, 0.29) is 24.7 Å². The lowest BCUT2D eigenvalue weighted by molar-refractivity contribution is -0.138.